The number of rotatable bonds is 3. The van der Waals surface area contributed by atoms with E-state index < -0.39 is 0 Å². The smallest absolute Gasteiger partial charge is 0.253 e. The molecule has 1 aromatic carbocycles. The number of amides is 1. The molecule has 0 saturated carbocycles. The Balaban J connectivity index is 1.58. The monoisotopic (exact) mass is 338 g/mol. The summed E-state index contributed by atoms with van der Waals surface area (Å²) < 4.78 is 15.2. The number of pyridine rings is 1. The van der Waals surface area contributed by atoms with Gasteiger partial charge in [0.2, 0.25) is 0 Å². The van der Waals surface area contributed by atoms with Crippen LogP contribution in [-0.4, -0.2) is 38.4 Å². The molecule has 1 saturated heterocycles. The zero-order chi connectivity index (χ0) is 17.4. The first-order chi connectivity index (χ1) is 12.2. The molecule has 3 aromatic rings. The molecule has 0 aliphatic carbocycles. The van der Waals surface area contributed by atoms with Gasteiger partial charge in [0.15, 0.2) is 5.65 Å². The van der Waals surface area contributed by atoms with Crippen LogP contribution in [0.5, 0.6) is 0 Å². The van der Waals surface area contributed by atoms with Crippen LogP contribution in [0.1, 0.15) is 35.4 Å². The van der Waals surface area contributed by atoms with Crippen molar-refractivity contribution in [2.24, 2.45) is 0 Å². The van der Waals surface area contributed by atoms with Crippen molar-refractivity contribution in [2.45, 2.75) is 25.8 Å². The van der Waals surface area contributed by atoms with Crippen LogP contribution in [0.15, 0.2) is 42.6 Å². The van der Waals surface area contributed by atoms with Crippen LogP contribution in [-0.2, 0) is 6.54 Å². The molecule has 1 aliphatic heterocycles. The molecular formula is C19H19FN4O. The third kappa shape index (κ3) is 2.77. The first-order valence-electron chi connectivity index (χ1n) is 8.53. The van der Waals surface area contributed by atoms with Gasteiger partial charge in [0.25, 0.3) is 5.91 Å². The molecule has 0 N–H and O–H groups in total. The van der Waals surface area contributed by atoms with E-state index in [1.165, 1.54) is 24.3 Å². The molecule has 0 radical (unpaired) electrons. The van der Waals surface area contributed by atoms with Gasteiger partial charge in [0.05, 0.1) is 0 Å². The Labute approximate surface area is 145 Å². The van der Waals surface area contributed by atoms with E-state index in [9.17, 15) is 9.18 Å². The van der Waals surface area contributed by atoms with E-state index >= 15 is 0 Å². The van der Waals surface area contributed by atoms with Gasteiger partial charge in [0.1, 0.15) is 17.2 Å². The standard InChI is InChI=1S/C19H19FN4O/c1-2-24-17(22-16-4-3-10-21-18(16)24)14-9-11-23(12-14)19(25)13-5-7-15(20)8-6-13/h3-8,10,14H,2,9,11-12H2,1H3/t14-/m1/s1. The van der Waals surface area contributed by atoms with Crippen molar-refractivity contribution in [3.63, 3.8) is 0 Å². The van der Waals surface area contributed by atoms with E-state index in [0.717, 1.165) is 30.0 Å². The number of likely N-dealkylation sites (tertiary alicyclic amines) is 1. The third-order valence-corrected chi connectivity index (χ3v) is 4.78. The van der Waals surface area contributed by atoms with Gasteiger partial charge in [0, 0.05) is 37.3 Å². The molecule has 0 spiro atoms. The molecule has 2 aromatic heterocycles. The summed E-state index contributed by atoms with van der Waals surface area (Å²) in [6.07, 6.45) is 2.65. The van der Waals surface area contributed by atoms with Crippen LogP contribution >= 0.6 is 0 Å². The van der Waals surface area contributed by atoms with Crippen LogP contribution in [0.4, 0.5) is 4.39 Å². The third-order valence-electron chi connectivity index (χ3n) is 4.78. The largest absolute Gasteiger partial charge is 0.338 e. The Bertz CT molecular complexity index is 919. The highest BCUT2D eigenvalue weighted by molar-refractivity contribution is 5.94. The van der Waals surface area contributed by atoms with Crippen LogP contribution in [0, 0.1) is 5.82 Å². The van der Waals surface area contributed by atoms with Gasteiger partial charge in [-0.05, 0) is 49.7 Å². The quantitative estimate of drug-likeness (QED) is 0.737. The molecule has 0 bridgehead atoms. The van der Waals surface area contributed by atoms with Crippen molar-refractivity contribution in [1.29, 1.82) is 0 Å². The normalized spacial score (nSPS) is 17.4. The van der Waals surface area contributed by atoms with Crippen LogP contribution in [0.3, 0.4) is 0 Å². The maximum atomic E-state index is 13.1. The number of fused-ring (bicyclic) bond motifs is 1. The van der Waals surface area contributed by atoms with E-state index in [4.69, 9.17) is 4.98 Å². The second-order valence-electron chi connectivity index (χ2n) is 6.30. The molecule has 0 unspecified atom stereocenters. The van der Waals surface area contributed by atoms with Crippen molar-refractivity contribution in [3.05, 3.63) is 59.8 Å². The molecule has 4 rings (SSSR count). The lowest BCUT2D eigenvalue weighted by molar-refractivity contribution is 0.0790. The summed E-state index contributed by atoms with van der Waals surface area (Å²) in [6, 6.07) is 9.57. The second kappa shape index (κ2) is 6.27. The van der Waals surface area contributed by atoms with Crippen molar-refractivity contribution in [1.82, 2.24) is 19.4 Å². The lowest BCUT2D eigenvalue weighted by atomic mass is 10.1. The number of imidazole rings is 1. The van der Waals surface area contributed by atoms with Crippen LogP contribution < -0.4 is 0 Å². The van der Waals surface area contributed by atoms with Gasteiger partial charge < -0.3 is 9.47 Å². The Kier molecular flexibility index (Phi) is 3.95. The minimum absolute atomic E-state index is 0.0558. The zero-order valence-electron chi connectivity index (χ0n) is 14.0. The molecule has 128 valence electrons. The number of carbonyl (C=O) groups excluding carboxylic acids is 1. The summed E-state index contributed by atoms with van der Waals surface area (Å²) in [5.41, 5.74) is 2.30. The Morgan fingerprint density at radius 2 is 2.08 bits per heavy atom. The fourth-order valence-corrected chi connectivity index (χ4v) is 3.53. The lowest BCUT2D eigenvalue weighted by Gasteiger charge is -2.17. The van der Waals surface area contributed by atoms with Gasteiger partial charge in [-0.3, -0.25) is 4.79 Å². The topological polar surface area (TPSA) is 51.0 Å². The maximum absolute atomic E-state index is 13.1. The summed E-state index contributed by atoms with van der Waals surface area (Å²) in [7, 11) is 0. The second-order valence-corrected chi connectivity index (χ2v) is 6.30. The fourth-order valence-electron chi connectivity index (χ4n) is 3.53. The number of nitrogens with zero attached hydrogens (tertiary/aromatic N) is 4. The molecular weight excluding hydrogens is 319 g/mol. The first kappa shape index (κ1) is 15.7. The van der Waals surface area contributed by atoms with Gasteiger partial charge in [-0.1, -0.05) is 0 Å². The Hall–Kier alpha value is -2.76. The number of hydrogen-bond donors (Lipinski definition) is 0. The summed E-state index contributed by atoms with van der Waals surface area (Å²) in [4.78, 5) is 23.6. The Morgan fingerprint density at radius 1 is 1.28 bits per heavy atom. The molecule has 3 heterocycles. The fraction of sp³-hybridized carbons (Fsp3) is 0.316. The van der Waals surface area contributed by atoms with Crippen molar-refractivity contribution in [3.8, 4) is 0 Å². The molecule has 25 heavy (non-hydrogen) atoms. The minimum atomic E-state index is -0.333. The summed E-state index contributed by atoms with van der Waals surface area (Å²) in [6.45, 7) is 4.18. The molecule has 1 fully saturated rings. The summed E-state index contributed by atoms with van der Waals surface area (Å²) in [5, 5.41) is 0. The number of aryl methyl sites for hydroxylation is 1. The van der Waals surface area contributed by atoms with Crippen LogP contribution in [0.25, 0.3) is 11.2 Å². The number of halogens is 1. The first-order valence-corrected chi connectivity index (χ1v) is 8.53. The molecule has 6 heteroatoms. The van der Waals surface area contributed by atoms with Gasteiger partial charge in [-0.2, -0.15) is 0 Å². The minimum Gasteiger partial charge on any atom is -0.338 e. The number of aromatic nitrogens is 3. The highest BCUT2D eigenvalue weighted by Gasteiger charge is 2.31. The van der Waals surface area contributed by atoms with E-state index in [1.54, 1.807) is 6.20 Å². The van der Waals surface area contributed by atoms with Crippen molar-refractivity contribution < 1.29 is 9.18 Å². The number of benzene rings is 1. The van der Waals surface area contributed by atoms with E-state index in [0.29, 0.717) is 18.7 Å². The number of hydrogen-bond acceptors (Lipinski definition) is 3. The van der Waals surface area contributed by atoms with E-state index in [1.807, 2.05) is 17.0 Å². The predicted octanol–water partition coefficient (Wildman–Crippen LogP) is 3.22. The Morgan fingerprint density at radius 3 is 2.84 bits per heavy atom. The average molecular weight is 338 g/mol. The summed E-state index contributed by atoms with van der Waals surface area (Å²) in [5.74, 6) is 0.795. The van der Waals surface area contributed by atoms with Gasteiger partial charge >= 0.3 is 0 Å². The van der Waals surface area contributed by atoms with Crippen LogP contribution in [0.2, 0.25) is 0 Å². The molecule has 1 atom stereocenters. The maximum Gasteiger partial charge on any atom is 0.253 e. The van der Waals surface area contributed by atoms with Crippen molar-refractivity contribution >= 4 is 17.1 Å². The van der Waals surface area contributed by atoms with Gasteiger partial charge in [-0.25, -0.2) is 14.4 Å². The molecule has 5 nitrogen and oxygen atoms in total. The summed E-state index contributed by atoms with van der Waals surface area (Å²) >= 11 is 0. The SMILES string of the molecule is CCn1c([C@@H]2CCN(C(=O)c3ccc(F)cc3)C2)nc2cccnc21. The van der Waals surface area contributed by atoms with E-state index in [-0.39, 0.29) is 17.6 Å². The average Bonchev–Trinajstić information content (AvgIpc) is 3.26. The lowest BCUT2D eigenvalue weighted by Crippen LogP contribution is -2.28. The molecule has 1 amide bonds. The highest BCUT2D eigenvalue weighted by Crippen LogP contribution is 2.29. The number of carbonyl (C=O) groups is 1. The highest BCUT2D eigenvalue weighted by atomic mass is 19.1. The predicted molar refractivity (Wildman–Crippen MR) is 92.9 cm³/mol. The van der Waals surface area contributed by atoms with Crippen molar-refractivity contribution in [2.75, 3.05) is 13.1 Å². The van der Waals surface area contributed by atoms with E-state index in [2.05, 4.69) is 16.5 Å². The molecule has 1 aliphatic rings. The van der Waals surface area contributed by atoms with Gasteiger partial charge in [-0.15, -0.1) is 0 Å². The zero-order valence-corrected chi connectivity index (χ0v) is 14.0.